The fraction of sp³-hybridized carbons (Fsp3) is 1.00. The van der Waals surface area contributed by atoms with Crippen LogP contribution in [0.4, 0.5) is 0 Å². The minimum absolute atomic E-state index is 1.33. The van der Waals surface area contributed by atoms with Gasteiger partial charge >= 0.3 is 0 Å². The SMILES string of the molecule is CCCCCCCC[N+](CCCCCCCC)(CCCCCCCC)CCCCCCCC.CCC[N+](CCC)(CCC)CCC.O=S(=O)([O-])[O-]. The Morgan fingerprint density at radius 1 is 0.275 bits per heavy atom. The summed E-state index contributed by atoms with van der Waals surface area (Å²) in [4.78, 5) is 0. The van der Waals surface area contributed by atoms with Crippen molar-refractivity contribution in [2.45, 2.75) is 235 Å². The third-order valence-corrected chi connectivity index (χ3v) is 10.7. The molecule has 0 aliphatic rings. The molecule has 312 valence electrons. The maximum absolute atomic E-state index is 8.52. The summed E-state index contributed by atoms with van der Waals surface area (Å²) < 4.78 is 36.9. The van der Waals surface area contributed by atoms with E-state index in [9.17, 15) is 0 Å². The van der Waals surface area contributed by atoms with Crippen LogP contribution in [0.3, 0.4) is 0 Å². The van der Waals surface area contributed by atoms with Crippen molar-refractivity contribution in [3.63, 3.8) is 0 Å². The molecule has 0 N–H and O–H groups in total. The zero-order valence-electron chi connectivity index (χ0n) is 36.4. The standard InChI is InChI=1S/C32H68N.C12H28N.H2O4S/c1-5-9-13-17-21-25-29-33(30-26-22-18-14-10-6-2,31-27-23-19-15-11-7-3)32-28-24-20-16-12-8-4;1-5-9-13(10-6-2,11-7-3)12-8-4;1-5(2,3)4/h5-32H2,1-4H3;5-12H2,1-4H3;(H2,1,2,3,4)/q2*+1;/p-2. The number of hydrogen-bond acceptors (Lipinski definition) is 4. The molecular formula is C44H96N2O4S. The minimum Gasteiger partial charge on any atom is -0.759 e. The molecule has 0 atom stereocenters. The van der Waals surface area contributed by atoms with Crippen LogP contribution in [0.5, 0.6) is 0 Å². The van der Waals surface area contributed by atoms with E-state index in [2.05, 4.69) is 55.4 Å². The van der Waals surface area contributed by atoms with E-state index in [0.717, 1.165) is 0 Å². The first-order chi connectivity index (χ1) is 24.5. The van der Waals surface area contributed by atoms with Gasteiger partial charge in [0.05, 0.1) is 52.4 Å². The Hall–Kier alpha value is -0.210. The topological polar surface area (TPSA) is 80.3 Å². The highest BCUT2D eigenvalue weighted by atomic mass is 32.3. The zero-order chi connectivity index (χ0) is 39.0. The lowest BCUT2D eigenvalue weighted by molar-refractivity contribution is -0.929. The highest BCUT2D eigenvalue weighted by molar-refractivity contribution is 7.79. The van der Waals surface area contributed by atoms with Crippen LogP contribution in [-0.4, -0.2) is 78.8 Å². The van der Waals surface area contributed by atoms with Crippen molar-refractivity contribution in [3.05, 3.63) is 0 Å². The quantitative estimate of drug-likeness (QED) is 0.0276. The smallest absolute Gasteiger partial charge is 0.0786 e. The number of quaternary nitrogens is 2. The molecule has 0 fully saturated rings. The van der Waals surface area contributed by atoms with Gasteiger partial charge in [-0.1, -0.05) is 158 Å². The van der Waals surface area contributed by atoms with E-state index in [1.807, 2.05) is 0 Å². The fourth-order valence-corrected chi connectivity index (χ4v) is 8.15. The lowest BCUT2D eigenvalue weighted by Crippen LogP contribution is -2.50. The van der Waals surface area contributed by atoms with Gasteiger partial charge in [-0.05, 0) is 77.0 Å². The van der Waals surface area contributed by atoms with Crippen molar-refractivity contribution in [2.75, 3.05) is 52.4 Å². The predicted molar refractivity (Wildman–Crippen MR) is 225 cm³/mol. The Balaban J connectivity index is -0.00000105. The van der Waals surface area contributed by atoms with Gasteiger partial charge in [-0.25, -0.2) is 0 Å². The third-order valence-electron chi connectivity index (χ3n) is 10.7. The molecule has 0 radical (unpaired) electrons. The molecule has 0 aromatic carbocycles. The van der Waals surface area contributed by atoms with E-state index in [1.165, 1.54) is 241 Å². The van der Waals surface area contributed by atoms with E-state index in [1.54, 1.807) is 0 Å². The summed E-state index contributed by atoms with van der Waals surface area (Å²) in [6.07, 6.45) is 40.1. The summed E-state index contributed by atoms with van der Waals surface area (Å²) in [6, 6.07) is 0. The zero-order valence-corrected chi connectivity index (χ0v) is 37.2. The van der Waals surface area contributed by atoms with Gasteiger partial charge in [0.15, 0.2) is 0 Å². The number of hydrogen-bond donors (Lipinski definition) is 0. The Bertz CT molecular complexity index is 655. The van der Waals surface area contributed by atoms with Crippen LogP contribution in [-0.2, 0) is 10.4 Å². The average Bonchev–Trinajstić information content (AvgIpc) is 3.07. The van der Waals surface area contributed by atoms with Crippen molar-refractivity contribution in [1.82, 2.24) is 0 Å². The Morgan fingerprint density at radius 2 is 0.431 bits per heavy atom. The second-order valence-electron chi connectivity index (χ2n) is 16.0. The third kappa shape index (κ3) is 42.4. The first-order valence-electron chi connectivity index (χ1n) is 22.9. The van der Waals surface area contributed by atoms with Crippen molar-refractivity contribution in [2.24, 2.45) is 0 Å². The van der Waals surface area contributed by atoms with Crippen LogP contribution < -0.4 is 0 Å². The number of nitrogens with zero attached hydrogens (tertiary/aromatic N) is 2. The molecule has 0 amide bonds. The second-order valence-corrected chi connectivity index (χ2v) is 16.8. The van der Waals surface area contributed by atoms with Gasteiger partial charge in [-0.3, -0.25) is 8.42 Å². The van der Waals surface area contributed by atoms with Gasteiger partial charge in [0.2, 0.25) is 0 Å². The van der Waals surface area contributed by atoms with Crippen LogP contribution in [0, 0.1) is 0 Å². The fourth-order valence-electron chi connectivity index (χ4n) is 8.15. The predicted octanol–water partition coefficient (Wildman–Crippen LogP) is 13.4. The molecule has 51 heavy (non-hydrogen) atoms. The molecule has 0 heterocycles. The first kappa shape index (κ1) is 55.1. The molecule has 7 heteroatoms. The summed E-state index contributed by atoms with van der Waals surface area (Å²) in [5, 5.41) is 0. The molecule has 0 aromatic rings. The molecule has 0 bridgehead atoms. The lowest BCUT2D eigenvalue weighted by Gasteiger charge is -2.40. The highest BCUT2D eigenvalue weighted by Crippen LogP contribution is 2.21. The number of unbranched alkanes of at least 4 members (excludes halogenated alkanes) is 20. The summed E-state index contributed by atoms with van der Waals surface area (Å²) in [7, 11) is -5.17. The molecule has 0 aliphatic heterocycles. The molecule has 6 nitrogen and oxygen atoms in total. The summed E-state index contributed by atoms with van der Waals surface area (Å²) >= 11 is 0. The summed E-state index contributed by atoms with van der Waals surface area (Å²) in [5.41, 5.74) is 0. The van der Waals surface area contributed by atoms with Crippen LogP contribution in [0.2, 0.25) is 0 Å². The molecule has 0 unspecified atom stereocenters. The molecule has 0 saturated carbocycles. The van der Waals surface area contributed by atoms with E-state index >= 15 is 0 Å². The van der Waals surface area contributed by atoms with E-state index in [-0.39, 0.29) is 0 Å². The van der Waals surface area contributed by atoms with Crippen LogP contribution >= 0.6 is 0 Å². The van der Waals surface area contributed by atoms with Gasteiger partial charge < -0.3 is 18.1 Å². The summed E-state index contributed by atoms with van der Waals surface area (Å²) in [6.45, 7) is 30.0. The maximum Gasteiger partial charge on any atom is 0.0786 e. The monoisotopic (exact) mass is 749 g/mol. The molecule has 0 aromatic heterocycles. The molecule has 0 aliphatic carbocycles. The average molecular weight is 749 g/mol. The van der Waals surface area contributed by atoms with Crippen molar-refractivity contribution in [3.8, 4) is 0 Å². The van der Waals surface area contributed by atoms with Crippen LogP contribution in [0.25, 0.3) is 0 Å². The van der Waals surface area contributed by atoms with Crippen molar-refractivity contribution in [1.29, 1.82) is 0 Å². The number of rotatable bonds is 36. The molecule has 0 spiro atoms. The van der Waals surface area contributed by atoms with Crippen LogP contribution in [0.15, 0.2) is 0 Å². The highest BCUT2D eigenvalue weighted by Gasteiger charge is 2.26. The second kappa shape index (κ2) is 41.0. The maximum atomic E-state index is 8.52. The largest absolute Gasteiger partial charge is 0.759 e. The van der Waals surface area contributed by atoms with Gasteiger partial charge in [-0.15, -0.1) is 0 Å². The molecule has 0 saturated heterocycles. The van der Waals surface area contributed by atoms with Crippen molar-refractivity contribution >= 4 is 10.4 Å². The Kier molecular flexibility index (Phi) is 44.3. The Labute approximate surface area is 323 Å². The van der Waals surface area contributed by atoms with Gasteiger partial charge in [0.1, 0.15) is 0 Å². The van der Waals surface area contributed by atoms with Crippen molar-refractivity contribution < 1.29 is 26.5 Å². The molecular weight excluding hydrogens is 653 g/mol. The van der Waals surface area contributed by atoms with Gasteiger partial charge in [0, 0.05) is 10.4 Å². The summed E-state index contributed by atoms with van der Waals surface area (Å²) in [5.74, 6) is 0. The minimum atomic E-state index is -5.17. The lowest BCUT2D eigenvalue weighted by atomic mass is 10.0. The van der Waals surface area contributed by atoms with E-state index < -0.39 is 10.4 Å². The van der Waals surface area contributed by atoms with Gasteiger partial charge in [0.25, 0.3) is 0 Å². The Morgan fingerprint density at radius 3 is 0.608 bits per heavy atom. The molecule has 0 rings (SSSR count). The van der Waals surface area contributed by atoms with Gasteiger partial charge in [-0.2, -0.15) is 0 Å². The first-order valence-corrected chi connectivity index (χ1v) is 24.2. The van der Waals surface area contributed by atoms with Crippen LogP contribution in [0.1, 0.15) is 235 Å². The normalized spacial score (nSPS) is 12.0. The van der Waals surface area contributed by atoms with E-state index in [4.69, 9.17) is 17.5 Å². The van der Waals surface area contributed by atoms with E-state index in [0.29, 0.717) is 0 Å².